The van der Waals surface area contributed by atoms with Gasteiger partial charge in [-0.1, -0.05) is 32.0 Å². The van der Waals surface area contributed by atoms with Gasteiger partial charge in [-0.15, -0.1) is 11.3 Å². The number of guanidine groups is 1. The van der Waals surface area contributed by atoms with Crippen LogP contribution in [0.5, 0.6) is 0 Å². The first-order valence-electron chi connectivity index (χ1n) is 10.1. The number of likely N-dealkylation sites (tertiary alicyclic amines) is 1. The predicted molar refractivity (Wildman–Crippen MR) is 122 cm³/mol. The molecule has 2 heterocycles. The fourth-order valence-electron chi connectivity index (χ4n) is 3.34. The van der Waals surface area contributed by atoms with Crippen molar-refractivity contribution in [3.8, 4) is 0 Å². The molecule has 1 fully saturated rings. The minimum absolute atomic E-state index is 0.0131. The summed E-state index contributed by atoms with van der Waals surface area (Å²) in [5.41, 5.74) is 1.94. The number of carbonyl (C=O) groups excluding carboxylic acids is 1. The molecule has 0 aliphatic carbocycles. The van der Waals surface area contributed by atoms with Crippen LogP contribution >= 0.6 is 11.3 Å². The maximum atomic E-state index is 12.3. The third kappa shape index (κ3) is 5.97. The van der Waals surface area contributed by atoms with E-state index in [1.165, 1.54) is 4.88 Å². The normalized spacial score (nSPS) is 14.7. The Labute approximate surface area is 177 Å². The molecule has 0 spiro atoms. The van der Waals surface area contributed by atoms with Gasteiger partial charge in [0.25, 0.3) is 0 Å². The highest BCUT2D eigenvalue weighted by molar-refractivity contribution is 7.10. The van der Waals surface area contributed by atoms with E-state index in [1.54, 1.807) is 18.4 Å². The number of urea groups is 1. The quantitative estimate of drug-likeness (QED) is 0.495. The Morgan fingerprint density at radius 3 is 2.66 bits per heavy atom. The van der Waals surface area contributed by atoms with Crippen molar-refractivity contribution < 1.29 is 4.79 Å². The number of aliphatic imine (C=N–C) groups is 1. The maximum Gasteiger partial charge on any atom is 0.321 e. The first-order chi connectivity index (χ1) is 14.0. The lowest BCUT2D eigenvalue weighted by Gasteiger charge is -2.25. The Morgan fingerprint density at radius 2 is 1.97 bits per heavy atom. The second kappa shape index (κ2) is 9.78. The maximum absolute atomic E-state index is 12.3. The van der Waals surface area contributed by atoms with Crippen molar-refractivity contribution in [1.82, 2.24) is 15.5 Å². The van der Waals surface area contributed by atoms with Gasteiger partial charge in [0.1, 0.15) is 0 Å². The summed E-state index contributed by atoms with van der Waals surface area (Å²) in [4.78, 5) is 19.8. The zero-order chi connectivity index (χ0) is 20.7. The van der Waals surface area contributed by atoms with Gasteiger partial charge in [0.15, 0.2) is 5.96 Å². The lowest BCUT2D eigenvalue weighted by atomic mass is 9.91. The van der Waals surface area contributed by atoms with Crippen molar-refractivity contribution in [2.75, 3.05) is 32.0 Å². The Hall–Kier alpha value is -2.54. The average Bonchev–Trinajstić information content (AvgIpc) is 3.42. The Morgan fingerprint density at radius 1 is 1.17 bits per heavy atom. The van der Waals surface area contributed by atoms with E-state index in [0.29, 0.717) is 6.54 Å². The van der Waals surface area contributed by atoms with Crippen molar-refractivity contribution in [2.45, 2.75) is 38.6 Å². The molecule has 2 amide bonds. The topological polar surface area (TPSA) is 68.8 Å². The molecule has 29 heavy (non-hydrogen) atoms. The van der Waals surface area contributed by atoms with E-state index in [4.69, 9.17) is 0 Å². The Kier molecular flexibility index (Phi) is 7.14. The largest absolute Gasteiger partial charge is 0.356 e. The van der Waals surface area contributed by atoms with Crippen molar-refractivity contribution in [3.05, 3.63) is 52.2 Å². The molecule has 156 valence electrons. The molecule has 6 nitrogen and oxygen atoms in total. The number of hydrogen-bond acceptors (Lipinski definition) is 3. The summed E-state index contributed by atoms with van der Waals surface area (Å²) in [6.45, 7) is 7.57. The zero-order valence-corrected chi connectivity index (χ0v) is 18.3. The number of nitrogens with zero attached hydrogens (tertiary/aromatic N) is 2. The third-order valence-corrected chi connectivity index (χ3v) is 6.38. The van der Waals surface area contributed by atoms with E-state index < -0.39 is 0 Å². The van der Waals surface area contributed by atoms with Crippen LogP contribution in [0, 0.1) is 0 Å². The van der Waals surface area contributed by atoms with Crippen molar-refractivity contribution >= 4 is 29.0 Å². The average molecular weight is 414 g/mol. The predicted octanol–water partition coefficient (Wildman–Crippen LogP) is 4.02. The smallest absolute Gasteiger partial charge is 0.321 e. The number of carbonyl (C=O) groups is 1. The molecule has 0 unspecified atom stereocenters. The van der Waals surface area contributed by atoms with Gasteiger partial charge in [-0.25, -0.2) is 4.79 Å². The van der Waals surface area contributed by atoms with Crippen molar-refractivity contribution in [2.24, 2.45) is 4.99 Å². The van der Waals surface area contributed by atoms with Crippen LogP contribution < -0.4 is 16.0 Å². The highest BCUT2D eigenvalue weighted by atomic mass is 32.1. The molecular weight excluding hydrogens is 382 g/mol. The molecule has 0 atom stereocenters. The minimum atomic E-state index is -0.0131. The van der Waals surface area contributed by atoms with Gasteiger partial charge in [0, 0.05) is 49.2 Å². The first-order valence-corrected chi connectivity index (χ1v) is 11.0. The molecule has 0 saturated carbocycles. The van der Waals surface area contributed by atoms with Crippen LogP contribution in [0.3, 0.4) is 0 Å². The SMILES string of the molecule is CN=C(NCc1cccc(NC(=O)N2CCCC2)c1)NCC(C)(C)c1cccs1. The zero-order valence-electron chi connectivity index (χ0n) is 17.5. The van der Waals surface area contributed by atoms with Crippen LogP contribution in [0.4, 0.5) is 10.5 Å². The van der Waals surface area contributed by atoms with Gasteiger partial charge in [0.2, 0.25) is 0 Å². The van der Waals surface area contributed by atoms with Gasteiger partial charge in [0.05, 0.1) is 0 Å². The Balaban J connectivity index is 1.51. The van der Waals surface area contributed by atoms with Crippen LogP contribution in [0.1, 0.15) is 37.1 Å². The molecule has 0 bridgehead atoms. The van der Waals surface area contributed by atoms with E-state index in [0.717, 1.165) is 49.7 Å². The summed E-state index contributed by atoms with van der Waals surface area (Å²) in [6.07, 6.45) is 2.18. The number of nitrogens with one attached hydrogen (secondary N) is 3. The lowest BCUT2D eigenvalue weighted by molar-refractivity contribution is 0.222. The molecule has 3 rings (SSSR count). The highest BCUT2D eigenvalue weighted by Gasteiger charge is 2.22. The van der Waals surface area contributed by atoms with E-state index in [1.807, 2.05) is 29.2 Å². The van der Waals surface area contributed by atoms with E-state index in [9.17, 15) is 4.79 Å². The summed E-state index contributed by atoms with van der Waals surface area (Å²) >= 11 is 1.78. The number of benzene rings is 1. The molecule has 1 aliphatic heterocycles. The van der Waals surface area contributed by atoms with Crippen LogP contribution in [0.15, 0.2) is 46.8 Å². The summed E-state index contributed by atoms with van der Waals surface area (Å²) < 4.78 is 0. The minimum Gasteiger partial charge on any atom is -0.356 e. The number of hydrogen-bond donors (Lipinski definition) is 3. The number of rotatable bonds is 6. The molecule has 2 aromatic rings. The van der Waals surface area contributed by atoms with Crippen LogP contribution in [0.25, 0.3) is 0 Å². The summed E-state index contributed by atoms with van der Waals surface area (Å²) in [6, 6.07) is 12.2. The lowest BCUT2D eigenvalue weighted by Crippen LogP contribution is -2.42. The molecular formula is C22H31N5OS. The molecule has 3 N–H and O–H groups in total. The van der Waals surface area contributed by atoms with Crippen LogP contribution in [-0.4, -0.2) is 43.6 Å². The van der Waals surface area contributed by atoms with Crippen molar-refractivity contribution in [3.63, 3.8) is 0 Å². The monoisotopic (exact) mass is 413 g/mol. The molecule has 1 aliphatic rings. The number of amides is 2. The van der Waals surface area contributed by atoms with Gasteiger partial charge in [-0.3, -0.25) is 4.99 Å². The molecule has 1 aromatic carbocycles. The standard InChI is InChI=1S/C22H31N5OS/c1-22(2,19-10-7-13-29-19)16-25-20(23-3)24-15-17-8-6-9-18(14-17)26-21(28)27-11-4-5-12-27/h6-10,13-14H,4-5,11-12,15-16H2,1-3H3,(H,26,28)(H2,23,24,25). The number of anilines is 1. The van der Waals surface area contributed by atoms with Crippen LogP contribution in [0.2, 0.25) is 0 Å². The molecule has 0 radical (unpaired) electrons. The van der Waals surface area contributed by atoms with Gasteiger partial charge in [-0.2, -0.15) is 0 Å². The fourth-order valence-corrected chi connectivity index (χ4v) is 4.20. The first kappa shape index (κ1) is 21.2. The molecule has 1 aromatic heterocycles. The van der Waals surface area contributed by atoms with Gasteiger partial charge < -0.3 is 20.9 Å². The van der Waals surface area contributed by atoms with Crippen molar-refractivity contribution in [1.29, 1.82) is 0 Å². The highest BCUT2D eigenvalue weighted by Crippen LogP contribution is 2.26. The van der Waals surface area contributed by atoms with Crippen LogP contribution in [-0.2, 0) is 12.0 Å². The Bertz CT molecular complexity index is 825. The summed E-state index contributed by atoms with van der Waals surface area (Å²) in [5, 5.41) is 11.9. The summed E-state index contributed by atoms with van der Waals surface area (Å²) in [7, 11) is 1.78. The second-order valence-corrected chi connectivity index (χ2v) is 8.91. The third-order valence-electron chi connectivity index (χ3n) is 5.14. The van der Waals surface area contributed by atoms with E-state index in [-0.39, 0.29) is 11.4 Å². The van der Waals surface area contributed by atoms with Gasteiger partial charge >= 0.3 is 6.03 Å². The molecule has 1 saturated heterocycles. The van der Waals surface area contributed by atoms with E-state index in [2.05, 4.69) is 52.3 Å². The second-order valence-electron chi connectivity index (χ2n) is 7.97. The van der Waals surface area contributed by atoms with Gasteiger partial charge in [-0.05, 0) is 42.0 Å². The summed E-state index contributed by atoms with van der Waals surface area (Å²) in [5.74, 6) is 0.765. The fraction of sp³-hybridized carbons (Fsp3) is 0.455. The molecule has 7 heteroatoms. The number of thiophene rings is 1. The van der Waals surface area contributed by atoms with E-state index >= 15 is 0 Å².